The maximum absolute atomic E-state index is 7.86. The minimum atomic E-state index is -1.30. The van der Waals surface area contributed by atoms with E-state index in [1.807, 2.05) is 0 Å². The van der Waals surface area contributed by atoms with E-state index in [1.165, 1.54) is 55.6 Å². The normalized spacial score (nSPS) is 11.2. The van der Waals surface area contributed by atoms with Gasteiger partial charge in [0.15, 0.2) is 16.3 Å². The molecule has 0 aromatic heterocycles. The summed E-state index contributed by atoms with van der Waals surface area (Å²) in [5.41, 5.74) is 16.5. The van der Waals surface area contributed by atoms with E-state index in [2.05, 4.69) is 270 Å². The molecule has 0 radical (unpaired) electrons. The summed E-state index contributed by atoms with van der Waals surface area (Å²) < 4.78 is 15.7. The van der Waals surface area contributed by atoms with E-state index >= 15 is 0 Å². The van der Waals surface area contributed by atoms with Gasteiger partial charge < -0.3 is 9.05 Å². The highest BCUT2D eigenvalue weighted by molar-refractivity contribution is 7.69. The first kappa shape index (κ1) is 46.4. The average Bonchev–Trinajstić information content (AvgIpc) is 3.42. The average molecular weight is 943 g/mol. The molecule has 0 saturated heterocycles. The van der Waals surface area contributed by atoms with Crippen molar-refractivity contribution in [2.24, 2.45) is 0 Å². The van der Waals surface area contributed by atoms with E-state index in [0.717, 1.165) is 55.0 Å². The summed E-state index contributed by atoms with van der Waals surface area (Å²) in [5, 5.41) is 4.61. The van der Waals surface area contributed by atoms with Crippen LogP contribution in [-0.4, -0.2) is 0 Å². The third-order valence-corrected chi connectivity index (χ3v) is 17.0. The third-order valence-electron chi connectivity index (χ3n) is 13.2. The van der Waals surface area contributed by atoms with E-state index in [-0.39, 0.29) is 0 Å². The molecule has 0 aliphatic rings. The molecule has 2 nitrogen and oxygen atoms in total. The van der Waals surface area contributed by atoms with Crippen LogP contribution < -0.4 is 30.3 Å². The first-order chi connectivity index (χ1) is 34.4. The molecule has 4 heteroatoms. The van der Waals surface area contributed by atoms with Crippen molar-refractivity contribution >= 4 is 37.5 Å². The molecule has 0 aliphatic heterocycles. The molecule has 0 fully saturated rings. The lowest BCUT2D eigenvalue weighted by atomic mass is 9.85. The Bertz CT molecular complexity index is 3000. The van der Waals surface area contributed by atoms with Crippen LogP contribution in [0.1, 0.15) is 44.5 Å². The van der Waals surface area contributed by atoms with Gasteiger partial charge in [0.25, 0.3) is 0 Å². The van der Waals surface area contributed by atoms with Crippen LogP contribution in [0.4, 0.5) is 0 Å². The predicted molar refractivity (Wildman–Crippen MR) is 300 cm³/mol. The van der Waals surface area contributed by atoms with Gasteiger partial charge in [0.1, 0.15) is 11.5 Å². The van der Waals surface area contributed by atoms with Crippen molar-refractivity contribution < 1.29 is 9.05 Å². The van der Waals surface area contributed by atoms with Crippen LogP contribution in [0.3, 0.4) is 0 Å². The Morgan fingerprint density at radius 3 is 0.843 bits per heavy atom. The maximum Gasteiger partial charge on any atom is 0.150 e. The van der Waals surface area contributed by atoms with Gasteiger partial charge in [0, 0.05) is 45.2 Å². The molecule has 0 bridgehead atoms. The second-order valence-corrected chi connectivity index (χ2v) is 21.6. The monoisotopic (exact) mass is 942 g/mol. The van der Waals surface area contributed by atoms with Gasteiger partial charge in [0.2, 0.25) is 0 Å². The summed E-state index contributed by atoms with van der Waals surface area (Å²) in [6.07, 6.45) is 1.38. The topological polar surface area (TPSA) is 18.5 Å². The quantitative estimate of drug-likeness (QED) is 0.0954. The van der Waals surface area contributed by atoms with Crippen LogP contribution in [0.15, 0.2) is 243 Å². The standard InChI is InChI=1S/C66H56O2P2/c1-47-43-57(45-51-35-39-55(40-36-51)53-23-11-5-12-24-53)65(67-69(59-27-15-7-16-28-59)60-29-17-8-18-30-60)63(49(47)3)64-50(4)48(2)44-58(46-52-37-41-56(42-38-52)54-25-13-6-14-26-54)66(64)68-70(61-31-19-9-20-32-61)62-33-21-10-22-34-62/h5-44H,45-46H2,1-4H3. The van der Waals surface area contributed by atoms with Crippen molar-refractivity contribution in [1.29, 1.82) is 0 Å². The van der Waals surface area contributed by atoms with Crippen molar-refractivity contribution in [3.63, 3.8) is 0 Å². The number of aryl methyl sites for hydroxylation is 2. The molecule has 0 atom stereocenters. The Kier molecular flexibility index (Phi) is 14.3. The lowest BCUT2D eigenvalue weighted by Gasteiger charge is -2.30. The highest BCUT2D eigenvalue weighted by atomic mass is 31.1. The van der Waals surface area contributed by atoms with Crippen LogP contribution in [-0.2, 0) is 12.8 Å². The molecule has 70 heavy (non-hydrogen) atoms. The van der Waals surface area contributed by atoms with Crippen LogP contribution in [0.25, 0.3) is 33.4 Å². The molecule has 0 unspecified atom stereocenters. The van der Waals surface area contributed by atoms with Gasteiger partial charge in [-0.25, -0.2) is 0 Å². The zero-order chi connectivity index (χ0) is 47.8. The van der Waals surface area contributed by atoms with E-state index < -0.39 is 16.3 Å². The first-order valence-corrected chi connectivity index (χ1v) is 26.6. The summed E-state index contributed by atoms with van der Waals surface area (Å²) in [6, 6.07) is 87.1. The second kappa shape index (κ2) is 21.5. The molecule has 10 aromatic carbocycles. The van der Waals surface area contributed by atoms with Crippen molar-refractivity contribution in [3.8, 4) is 44.9 Å². The molecule has 0 heterocycles. The van der Waals surface area contributed by atoms with E-state index in [9.17, 15) is 0 Å². The van der Waals surface area contributed by atoms with Gasteiger partial charge in [-0.15, -0.1) is 0 Å². The Hall–Kier alpha value is -7.34. The first-order valence-electron chi connectivity index (χ1n) is 24.1. The van der Waals surface area contributed by atoms with Gasteiger partial charge in [-0.3, -0.25) is 0 Å². The zero-order valence-electron chi connectivity index (χ0n) is 40.2. The molecular weight excluding hydrogens is 887 g/mol. The van der Waals surface area contributed by atoms with Crippen molar-refractivity contribution in [1.82, 2.24) is 0 Å². The van der Waals surface area contributed by atoms with Crippen LogP contribution in [0.2, 0.25) is 0 Å². The molecule has 0 spiro atoms. The highest BCUT2D eigenvalue weighted by Crippen LogP contribution is 2.53. The number of hydrogen-bond donors (Lipinski definition) is 0. The molecular formula is C66H56O2P2. The van der Waals surface area contributed by atoms with Gasteiger partial charge in [-0.05, 0) is 94.5 Å². The molecule has 10 aromatic rings. The van der Waals surface area contributed by atoms with E-state index in [0.29, 0.717) is 12.8 Å². The fourth-order valence-electron chi connectivity index (χ4n) is 9.28. The highest BCUT2D eigenvalue weighted by Gasteiger charge is 2.30. The van der Waals surface area contributed by atoms with Gasteiger partial charge in [-0.1, -0.05) is 243 Å². The summed E-state index contributed by atoms with van der Waals surface area (Å²) in [6.45, 7) is 9.05. The Morgan fingerprint density at radius 1 is 0.300 bits per heavy atom. The summed E-state index contributed by atoms with van der Waals surface area (Å²) in [7, 11) is -2.61. The van der Waals surface area contributed by atoms with Gasteiger partial charge in [0.05, 0.1) is 0 Å². The van der Waals surface area contributed by atoms with Crippen LogP contribution in [0, 0.1) is 27.7 Å². The molecule has 342 valence electrons. The third kappa shape index (κ3) is 10.3. The lowest BCUT2D eigenvalue weighted by Crippen LogP contribution is -2.18. The second-order valence-electron chi connectivity index (χ2n) is 18.0. The zero-order valence-corrected chi connectivity index (χ0v) is 42.0. The maximum atomic E-state index is 7.86. The molecule has 10 rings (SSSR count). The SMILES string of the molecule is Cc1cc(Cc2ccc(-c3ccccc3)cc2)c(OP(c2ccccc2)c2ccccc2)c(-c2c(C)c(C)cc(Cc3ccc(-c4ccccc4)cc3)c2OP(c2ccccc2)c2ccccc2)c1C. The van der Waals surface area contributed by atoms with E-state index in [1.54, 1.807) is 0 Å². The van der Waals surface area contributed by atoms with Gasteiger partial charge in [-0.2, -0.15) is 0 Å². The summed E-state index contributed by atoms with van der Waals surface area (Å²) in [4.78, 5) is 0. The smallest absolute Gasteiger partial charge is 0.150 e. The Balaban J connectivity index is 1.21. The predicted octanol–water partition coefficient (Wildman–Crippen LogP) is 16.0. The van der Waals surface area contributed by atoms with Crippen molar-refractivity contribution in [2.45, 2.75) is 40.5 Å². The summed E-state index contributed by atoms with van der Waals surface area (Å²) >= 11 is 0. The van der Waals surface area contributed by atoms with Crippen molar-refractivity contribution in [2.75, 3.05) is 0 Å². The Labute approximate surface area is 417 Å². The van der Waals surface area contributed by atoms with Crippen LogP contribution in [0.5, 0.6) is 11.5 Å². The van der Waals surface area contributed by atoms with Crippen molar-refractivity contribution in [3.05, 3.63) is 287 Å². The molecule has 0 saturated carbocycles. The minimum Gasteiger partial charge on any atom is -0.464 e. The Morgan fingerprint density at radius 2 is 0.557 bits per heavy atom. The number of benzene rings is 10. The fraction of sp³-hybridized carbons (Fsp3) is 0.0909. The number of rotatable bonds is 15. The molecule has 0 aliphatic carbocycles. The van der Waals surface area contributed by atoms with E-state index in [4.69, 9.17) is 9.05 Å². The molecule has 0 amide bonds. The fourth-order valence-corrected chi connectivity index (χ4v) is 12.8. The summed E-state index contributed by atoms with van der Waals surface area (Å²) in [5.74, 6) is 1.80. The largest absolute Gasteiger partial charge is 0.464 e. The van der Waals surface area contributed by atoms with Gasteiger partial charge >= 0.3 is 0 Å². The molecule has 0 N–H and O–H groups in total. The van der Waals surface area contributed by atoms with Crippen LogP contribution >= 0.6 is 16.3 Å². The minimum absolute atomic E-state index is 0.688. The lowest BCUT2D eigenvalue weighted by molar-refractivity contribution is 0.611. The number of hydrogen-bond acceptors (Lipinski definition) is 2.